The number of esters is 1. The van der Waals surface area contributed by atoms with Crippen molar-refractivity contribution < 1.29 is 14.3 Å². The Morgan fingerprint density at radius 1 is 1.29 bits per heavy atom. The summed E-state index contributed by atoms with van der Waals surface area (Å²) in [4.78, 5) is 24.0. The van der Waals surface area contributed by atoms with Gasteiger partial charge in [-0.3, -0.25) is 4.79 Å². The molecule has 4 nitrogen and oxygen atoms in total. The summed E-state index contributed by atoms with van der Waals surface area (Å²) >= 11 is 0. The van der Waals surface area contributed by atoms with E-state index in [1.54, 1.807) is 20.8 Å². The summed E-state index contributed by atoms with van der Waals surface area (Å²) in [6.45, 7) is 8.92. The number of amides is 1. The predicted octanol–water partition coefficient (Wildman–Crippen LogP) is 2.63. The highest BCUT2D eigenvalue weighted by atomic mass is 16.6. The van der Waals surface area contributed by atoms with Gasteiger partial charge in [0, 0.05) is 12.8 Å². The summed E-state index contributed by atoms with van der Waals surface area (Å²) in [6.07, 6.45) is 2.08. The quantitative estimate of drug-likeness (QED) is 0.647. The number of benzene rings is 1. The molecule has 0 aromatic heterocycles. The molecule has 0 unspecified atom stereocenters. The lowest BCUT2D eigenvalue weighted by Crippen LogP contribution is -2.45. The Bertz CT molecular complexity index is 489. The van der Waals surface area contributed by atoms with Gasteiger partial charge in [-0.2, -0.15) is 0 Å². The number of carbonyl (C=O) groups excluding carboxylic acids is 2. The maximum atomic E-state index is 12.2. The van der Waals surface area contributed by atoms with Gasteiger partial charge in [0.15, 0.2) is 0 Å². The molecule has 0 fully saturated rings. The van der Waals surface area contributed by atoms with Crippen LogP contribution in [0.4, 0.5) is 0 Å². The van der Waals surface area contributed by atoms with Crippen molar-refractivity contribution in [2.75, 3.05) is 0 Å². The van der Waals surface area contributed by atoms with Crippen LogP contribution in [0, 0.1) is 0 Å². The van der Waals surface area contributed by atoms with E-state index >= 15 is 0 Å². The molecule has 0 radical (unpaired) electrons. The third-order valence-electron chi connectivity index (χ3n) is 2.64. The zero-order chi connectivity index (χ0) is 15.9. The summed E-state index contributed by atoms with van der Waals surface area (Å²) in [7, 11) is 0. The van der Waals surface area contributed by atoms with Gasteiger partial charge in [0.25, 0.3) is 0 Å². The van der Waals surface area contributed by atoms with E-state index in [0.29, 0.717) is 6.42 Å². The summed E-state index contributed by atoms with van der Waals surface area (Å²) in [5.41, 5.74) is 0.377. The molecular weight excluding hydrogens is 266 g/mol. The molecule has 1 rings (SSSR count). The minimum atomic E-state index is -0.695. The van der Waals surface area contributed by atoms with E-state index in [0.717, 1.165) is 5.56 Å². The van der Waals surface area contributed by atoms with Crippen LogP contribution in [-0.4, -0.2) is 23.5 Å². The van der Waals surface area contributed by atoms with E-state index in [1.807, 2.05) is 30.3 Å². The van der Waals surface area contributed by atoms with Gasteiger partial charge in [-0.15, -0.1) is 6.58 Å². The number of hydrogen-bond acceptors (Lipinski definition) is 3. The standard InChI is InChI=1S/C17H23NO3/c1-5-9-15(19)18-14(16(20)21-17(2,3)4)12-13-10-7-6-8-11-13/h5-8,10-11,14H,1,9,12H2,2-4H3,(H,18,19)/t14-/m1/s1. The predicted molar refractivity (Wildman–Crippen MR) is 82.7 cm³/mol. The van der Waals surface area contributed by atoms with Crippen LogP contribution in [0.25, 0.3) is 0 Å². The topological polar surface area (TPSA) is 55.4 Å². The van der Waals surface area contributed by atoms with Crippen LogP contribution < -0.4 is 5.32 Å². The van der Waals surface area contributed by atoms with Crippen molar-refractivity contribution in [2.24, 2.45) is 0 Å². The van der Waals surface area contributed by atoms with Gasteiger partial charge in [-0.25, -0.2) is 4.79 Å². The highest BCUT2D eigenvalue weighted by molar-refractivity contribution is 5.85. The molecule has 0 saturated carbocycles. The minimum absolute atomic E-state index is 0.175. The first kappa shape index (κ1) is 17.0. The third-order valence-corrected chi connectivity index (χ3v) is 2.64. The molecule has 1 atom stereocenters. The van der Waals surface area contributed by atoms with Crippen molar-refractivity contribution >= 4 is 11.9 Å². The average Bonchev–Trinajstić information content (AvgIpc) is 2.37. The van der Waals surface area contributed by atoms with Crippen LogP contribution in [-0.2, 0) is 20.7 Å². The summed E-state index contributed by atoms with van der Waals surface area (Å²) in [5.74, 6) is -0.666. The highest BCUT2D eigenvalue weighted by Crippen LogP contribution is 2.11. The molecule has 0 spiro atoms. The zero-order valence-electron chi connectivity index (χ0n) is 12.9. The van der Waals surface area contributed by atoms with Crippen molar-refractivity contribution in [3.63, 3.8) is 0 Å². The lowest BCUT2D eigenvalue weighted by atomic mass is 10.1. The lowest BCUT2D eigenvalue weighted by molar-refractivity contribution is -0.158. The first-order valence-electron chi connectivity index (χ1n) is 6.99. The number of hydrogen-bond donors (Lipinski definition) is 1. The van der Waals surface area contributed by atoms with Crippen molar-refractivity contribution in [1.29, 1.82) is 0 Å². The van der Waals surface area contributed by atoms with E-state index in [9.17, 15) is 9.59 Å². The van der Waals surface area contributed by atoms with Crippen LogP contribution in [0.1, 0.15) is 32.8 Å². The molecular formula is C17H23NO3. The van der Waals surface area contributed by atoms with Crippen LogP contribution in [0.2, 0.25) is 0 Å². The number of ether oxygens (including phenoxy) is 1. The fraction of sp³-hybridized carbons (Fsp3) is 0.412. The Balaban J connectivity index is 2.81. The van der Waals surface area contributed by atoms with E-state index in [1.165, 1.54) is 6.08 Å². The molecule has 114 valence electrons. The van der Waals surface area contributed by atoms with E-state index in [-0.39, 0.29) is 12.3 Å². The summed E-state index contributed by atoms with van der Waals surface area (Å²) in [6, 6.07) is 8.83. The van der Waals surface area contributed by atoms with Gasteiger partial charge in [0.05, 0.1) is 0 Å². The summed E-state index contributed by atoms with van der Waals surface area (Å²) in [5, 5.41) is 2.70. The number of rotatable bonds is 6. The molecule has 0 heterocycles. The van der Waals surface area contributed by atoms with Crippen LogP contribution in [0.15, 0.2) is 43.0 Å². The van der Waals surface area contributed by atoms with Gasteiger partial charge in [-0.05, 0) is 26.3 Å². The first-order valence-corrected chi connectivity index (χ1v) is 6.99. The van der Waals surface area contributed by atoms with Crippen molar-refractivity contribution in [3.8, 4) is 0 Å². The largest absolute Gasteiger partial charge is 0.458 e. The van der Waals surface area contributed by atoms with Gasteiger partial charge in [0.1, 0.15) is 11.6 Å². The maximum absolute atomic E-state index is 12.2. The Hall–Kier alpha value is -2.10. The number of nitrogens with one attached hydrogen (secondary N) is 1. The normalized spacial score (nSPS) is 12.3. The average molecular weight is 289 g/mol. The second-order valence-corrected chi connectivity index (χ2v) is 5.84. The Morgan fingerprint density at radius 3 is 2.43 bits per heavy atom. The molecule has 0 aliphatic heterocycles. The van der Waals surface area contributed by atoms with E-state index in [4.69, 9.17) is 4.74 Å². The molecule has 21 heavy (non-hydrogen) atoms. The fourth-order valence-corrected chi connectivity index (χ4v) is 1.80. The molecule has 4 heteroatoms. The van der Waals surface area contributed by atoms with Crippen LogP contribution in [0.5, 0.6) is 0 Å². The lowest BCUT2D eigenvalue weighted by Gasteiger charge is -2.24. The smallest absolute Gasteiger partial charge is 0.329 e. The van der Waals surface area contributed by atoms with Gasteiger partial charge in [0.2, 0.25) is 5.91 Å². The molecule has 0 aliphatic rings. The van der Waals surface area contributed by atoms with Crippen LogP contribution >= 0.6 is 0 Å². The van der Waals surface area contributed by atoms with Crippen molar-refractivity contribution in [2.45, 2.75) is 45.3 Å². The Labute approximate surface area is 126 Å². The molecule has 0 saturated heterocycles. The molecule has 0 bridgehead atoms. The van der Waals surface area contributed by atoms with E-state index in [2.05, 4.69) is 11.9 Å². The monoisotopic (exact) mass is 289 g/mol. The molecule has 1 amide bonds. The zero-order valence-corrected chi connectivity index (χ0v) is 12.9. The molecule has 1 aromatic carbocycles. The minimum Gasteiger partial charge on any atom is -0.458 e. The fourth-order valence-electron chi connectivity index (χ4n) is 1.80. The SMILES string of the molecule is C=CCC(=O)N[C@H](Cc1ccccc1)C(=O)OC(C)(C)C. The van der Waals surface area contributed by atoms with E-state index < -0.39 is 17.6 Å². The van der Waals surface area contributed by atoms with Gasteiger partial charge < -0.3 is 10.1 Å². The maximum Gasteiger partial charge on any atom is 0.329 e. The highest BCUT2D eigenvalue weighted by Gasteiger charge is 2.26. The van der Waals surface area contributed by atoms with Gasteiger partial charge >= 0.3 is 5.97 Å². The second kappa shape index (κ2) is 7.62. The molecule has 1 aromatic rings. The second-order valence-electron chi connectivity index (χ2n) is 5.84. The third kappa shape index (κ3) is 6.75. The Kier molecular flexibility index (Phi) is 6.15. The number of carbonyl (C=O) groups is 2. The van der Waals surface area contributed by atoms with Crippen molar-refractivity contribution in [1.82, 2.24) is 5.32 Å². The first-order chi connectivity index (χ1) is 9.81. The summed E-state index contributed by atoms with van der Waals surface area (Å²) < 4.78 is 5.37. The molecule has 0 aliphatic carbocycles. The van der Waals surface area contributed by atoms with Gasteiger partial charge in [-0.1, -0.05) is 36.4 Å². The van der Waals surface area contributed by atoms with Crippen molar-refractivity contribution in [3.05, 3.63) is 48.6 Å². The van der Waals surface area contributed by atoms with Crippen LogP contribution in [0.3, 0.4) is 0 Å². The molecule has 1 N–H and O–H groups in total. The Morgan fingerprint density at radius 2 is 1.90 bits per heavy atom.